The predicted octanol–water partition coefficient (Wildman–Crippen LogP) is 1.37. The van der Waals surface area contributed by atoms with Gasteiger partial charge in [-0.3, -0.25) is 19.8 Å². The summed E-state index contributed by atoms with van der Waals surface area (Å²) >= 11 is 0. The lowest BCUT2D eigenvalue weighted by Gasteiger charge is -2.34. The van der Waals surface area contributed by atoms with E-state index in [9.17, 15) is 14.4 Å². The molecule has 0 bridgehead atoms. The minimum atomic E-state index is -0.512. The van der Waals surface area contributed by atoms with Crippen molar-refractivity contribution in [3.63, 3.8) is 0 Å². The maximum atomic E-state index is 13.0. The van der Waals surface area contributed by atoms with Gasteiger partial charge in [0.2, 0.25) is 5.91 Å². The molecule has 0 unspecified atom stereocenters. The molecule has 0 aliphatic carbocycles. The average Bonchev–Trinajstić information content (AvgIpc) is 3.28. The minimum Gasteiger partial charge on any atom is -0.495 e. The fraction of sp³-hybridized carbons (Fsp3) is 0.550. The Labute approximate surface area is 168 Å². The Morgan fingerprint density at radius 3 is 2.52 bits per heavy atom. The van der Waals surface area contributed by atoms with Gasteiger partial charge in [0.25, 0.3) is 5.91 Å². The van der Waals surface area contributed by atoms with E-state index in [0.717, 1.165) is 12.8 Å². The van der Waals surface area contributed by atoms with E-state index in [4.69, 9.17) is 14.2 Å². The van der Waals surface area contributed by atoms with Crippen LogP contribution in [0.4, 0.5) is 10.5 Å². The fourth-order valence-corrected chi connectivity index (χ4v) is 4.03. The summed E-state index contributed by atoms with van der Waals surface area (Å²) < 4.78 is 16.5. The van der Waals surface area contributed by atoms with E-state index in [2.05, 4.69) is 5.32 Å². The van der Waals surface area contributed by atoms with Crippen molar-refractivity contribution < 1.29 is 28.6 Å². The number of ether oxygens (including phenoxy) is 3. The van der Waals surface area contributed by atoms with E-state index in [-0.39, 0.29) is 31.1 Å². The smallest absolute Gasteiger partial charge is 0.328 e. The van der Waals surface area contributed by atoms with Crippen molar-refractivity contribution in [3.8, 4) is 5.75 Å². The van der Waals surface area contributed by atoms with Crippen LogP contribution in [0.15, 0.2) is 18.2 Å². The summed E-state index contributed by atoms with van der Waals surface area (Å²) in [6.07, 6.45) is 1.71. The first kappa shape index (κ1) is 19.7. The van der Waals surface area contributed by atoms with Crippen LogP contribution < -0.4 is 15.0 Å². The quantitative estimate of drug-likeness (QED) is 0.816. The zero-order chi connectivity index (χ0) is 20.4. The number of benzene rings is 1. The van der Waals surface area contributed by atoms with E-state index in [1.165, 1.54) is 12.0 Å². The molecule has 0 atom stereocenters. The molecule has 9 nitrogen and oxygen atoms in total. The average molecular weight is 403 g/mol. The predicted molar refractivity (Wildman–Crippen MR) is 103 cm³/mol. The summed E-state index contributed by atoms with van der Waals surface area (Å²) in [7, 11) is 1.51. The van der Waals surface area contributed by atoms with Gasteiger partial charge in [-0.15, -0.1) is 0 Å². The van der Waals surface area contributed by atoms with Crippen LogP contribution in [0, 0.1) is 5.92 Å². The number of nitrogens with zero attached hydrogens (tertiary/aromatic N) is 2. The number of rotatable bonds is 4. The number of piperidine rings is 1. The topological polar surface area (TPSA) is 97.4 Å². The van der Waals surface area contributed by atoms with Gasteiger partial charge < -0.3 is 19.1 Å². The number of nitrogens with one attached hydrogen (secondary N) is 1. The molecule has 1 aromatic rings. The summed E-state index contributed by atoms with van der Waals surface area (Å²) in [5.74, 6) is 0.382. The largest absolute Gasteiger partial charge is 0.495 e. The standard InChI is InChI=1S/C20H25N3O6/c1-27-16-3-2-14(12-15(16)23-9-6-17(24)21-20(23)26)18(25)22-7-4-13(5-8-22)19-28-10-11-29-19/h2-3,12-13,19H,4-11H2,1H3,(H,21,24,26). The molecule has 29 heavy (non-hydrogen) atoms. The van der Waals surface area contributed by atoms with E-state index in [0.29, 0.717) is 49.2 Å². The third-order valence-corrected chi connectivity index (χ3v) is 5.63. The fourth-order valence-electron chi connectivity index (χ4n) is 4.03. The van der Waals surface area contributed by atoms with Gasteiger partial charge in [0.15, 0.2) is 6.29 Å². The van der Waals surface area contributed by atoms with Gasteiger partial charge in [-0.05, 0) is 31.0 Å². The lowest BCUT2D eigenvalue weighted by atomic mass is 9.95. The maximum absolute atomic E-state index is 13.0. The molecule has 9 heteroatoms. The molecular formula is C20H25N3O6. The molecule has 3 aliphatic heterocycles. The van der Waals surface area contributed by atoms with Gasteiger partial charge >= 0.3 is 6.03 Å². The molecule has 0 saturated carbocycles. The summed E-state index contributed by atoms with van der Waals surface area (Å²) in [5, 5.41) is 2.30. The third-order valence-electron chi connectivity index (χ3n) is 5.63. The molecule has 1 N–H and O–H groups in total. The van der Waals surface area contributed by atoms with Crippen LogP contribution in [-0.2, 0) is 14.3 Å². The number of likely N-dealkylation sites (tertiary alicyclic amines) is 1. The summed E-state index contributed by atoms with van der Waals surface area (Å²) in [4.78, 5) is 40.0. The SMILES string of the molecule is COc1ccc(C(=O)N2CCC(C3OCCO3)CC2)cc1N1CCC(=O)NC1=O. The molecule has 3 heterocycles. The summed E-state index contributed by atoms with van der Waals surface area (Å²) in [6, 6.07) is 4.53. The molecule has 156 valence electrons. The lowest BCUT2D eigenvalue weighted by Crippen LogP contribution is -2.49. The second-order valence-electron chi connectivity index (χ2n) is 7.38. The minimum absolute atomic E-state index is 0.0888. The first-order chi connectivity index (χ1) is 14.1. The first-order valence-electron chi connectivity index (χ1n) is 9.88. The molecule has 3 aliphatic rings. The van der Waals surface area contributed by atoms with E-state index < -0.39 is 6.03 Å². The van der Waals surface area contributed by atoms with Gasteiger partial charge in [0.1, 0.15) is 5.75 Å². The van der Waals surface area contributed by atoms with Crippen LogP contribution >= 0.6 is 0 Å². The third kappa shape index (κ3) is 4.06. The Kier molecular flexibility index (Phi) is 5.68. The summed E-state index contributed by atoms with van der Waals surface area (Å²) in [6.45, 7) is 2.77. The van der Waals surface area contributed by atoms with Gasteiger partial charge in [-0.25, -0.2) is 4.79 Å². The van der Waals surface area contributed by atoms with E-state index in [1.54, 1.807) is 18.2 Å². The van der Waals surface area contributed by atoms with Crippen LogP contribution in [0.5, 0.6) is 5.75 Å². The number of imide groups is 1. The Morgan fingerprint density at radius 1 is 1.14 bits per heavy atom. The van der Waals surface area contributed by atoms with Crippen LogP contribution in [0.1, 0.15) is 29.6 Å². The number of hydrogen-bond acceptors (Lipinski definition) is 6. The Bertz CT molecular complexity index is 799. The van der Waals surface area contributed by atoms with Crippen molar-refractivity contribution >= 4 is 23.5 Å². The zero-order valence-corrected chi connectivity index (χ0v) is 16.4. The first-order valence-corrected chi connectivity index (χ1v) is 9.88. The van der Waals surface area contributed by atoms with Crippen molar-refractivity contribution in [2.24, 2.45) is 5.92 Å². The Balaban J connectivity index is 1.47. The second-order valence-corrected chi connectivity index (χ2v) is 7.38. The van der Waals surface area contributed by atoms with Crippen molar-refractivity contribution in [1.29, 1.82) is 0 Å². The number of carbonyl (C=O) groups excluding carboxylic acids is 3. The lowest BCUT2D eigenvalue weighted by molar-refractivity contribution is -0.120. The monoisotopic (exact) mass is 403 g/mol. The van der Waals surface area contributed by atoms with Crippen LogP contribution in [0.25, 0.3) is 0 Å². The normalized spacial score (nSPS) is 21.4. The molecule has 1 aromatic carbocycles. The van der Waals surface area contributed by atoms with Crippen molar-refractivity contribution in [1.82, 2.24) is 10.2 Å². The molecule has 0 aromatic heterocycles. The van der Waals surface area contributed by atoms with Gasteiger partial charge in [0, 0.05) is 37.5 Å². The van der Waals surface area contributed by atoms with Crippen molar-refractivity contribution in [2.75, 3.05) is 44.9 Å². The van der Waals surface area contributed by atoms with E-state index in [1.807, 2.05) is 4.90 Å². The van der Waals surface area contributed by atoms with Crippen LogP contribution in [-0.4, -0.2) is 69.0 Å². The molecule has 4 amide bonds. The molecule has 0 spiro atoms. The number of carbonyl (C=O) groups is 3. The van der Waals surface area contributed by atoms with Crippen LogP contribution in [0.2, 0.25) is 0 Å². The number of urea groups is 1. The number of hydrogen-bond donors (Lipinski definition) is 1. The molecular weight excluding hydrogens is 378 g/mol. The zero-order valence-electron chi connectivity index (χ0n) is 16.4. The van der Waals surface area contributed by atoms with Crippen LogP contribution in [0.3, 0.4) is 0 Å². The highest BCUT2D eigenvalue weighted by Gasteiger charge is 2.33. The number of anilines is 1. The van der Waals surface area contributed by atoms with Crippen molar-refractivity contribution in [3.05, 3.63) is 23.8 Å². The molecule has 0 radical (unpaired) electrons. The van der Waals surface area contributed by atoms with Gasteiger partial charge in [0.05, 0.1) is 26.0 Å². The number of amides is 4. The molecule has 4 rings (SSSR count). The highest BCUT2D eigenvalue weighted by Crippen LogP contribution is 2.32. The maximum Gasteiger partial charge on any atom is 0.328 e. The van der Waals surface area contributed by atoms with Crippen molar-refractivity contribution in [2.45, 2.75) is 25.6 Å². The summed E-state index contributed by atoms with van der Waals surface area (Å²) in [5.41, 5.74) is 0.961. The van der Waals surface area contributed by atoms with Gasteiger partial charge in [-0.1, -0.05) is 0 Å². The number of methoxy groups -OCH3 is 1. The molecule has 3 saturated heterocycles. The molecule has 3 fully saturated rings. The highest BCUT2D eigenvalue weighted by atomic mass is 16.7. The van der Waals surface area contributed by atoms with Gasteiger partial charge in [-0.2, -0.15) is 0 Å². The van der Waals surface area contributed by atoms with E-state index >= 15 is 0 Å². The Hall–Kier alpha value is -2.65. The Morgan fingerprint density at radius 2 is 1.86 bits per heavy atom. The second kappa shape index (κ2) is 8.38. The highest BCUT2D eigenvalue weighted by molar-refractivity contribution is 6.07.